The van der Waals surface area contributed by atoms with Gasteiger partial charge in [0.15, 0.2) is 0 Å². The molecule has 0 bridgehead atoms. The number of hydrogen-bond donors (Lipinski definition) is 1. The molecule has 1 aliphatic heterocycles. The highest BCUT2D eigenvalue weighted by molar-refractivity contribution is 7.89. The average molecular weight is 368 g/mol. The molecule has 1 aliphatic rings. The lowest BCUT2D eigenvalue weighted by atomic mass is 10.0. The summed E-state index contributed by atoms with van der Waals surface area (Å²) >= 11 is 0. The molecule has 2 rings (SSSR count). The molecule has 0 aromatic heterocycles. The van der Waals surface area contributed by atoms with Crippen molar-refractivity contribution in [2.75, 3.05) is 13.6 Å². The van der Waals surface area contributed by atoms with Crippen LogP contribution in [-0.2, 0) is 14.8 Å². The zero-order valence-electron chi connectivity index (χ0n) is 14.7. The number of carbonyl (C=O) groups excluding carboxylic acids is 1. The van der Waals surface area contributed by atoms with Crippen LogP contribution in [0.15, 0.2) is 29.2 Å². The number of piperidine rings is 1. The van der Waals surface area contributed by atoms with Gasteiger partial charge in [-0.25, -0.2) is 13.2 Å². The van der Waals surface area contributed by atoms with E-state index < -0.39 is 22.0 Å². The SMILES string of the molecule is CC(C)N(C)S(=O)(=O)c1ccc(C(=O)N2CCCC[C@@H]2C(=O)O)cc1. The van der Waals surface area contributed by atoms with Crippen molar-refractivity contribution in [3.05, 3.63) is 29.8 Å². The van der Waals surface area contributed by atoms with Crippen LogP contribution in [0.3, 0.4) is 0 Å². The molecule has 1 aromatic carbocycles. The van der Waals surface area contributed by atoms with Crippen molar-refractivity contribution in [1.29, 1.82) is 0 Å². The monoisotopic (exact) mass is 368 g/mol. The van der Waals surface area contributed by atoms with Gasteiger partial charge in [-0.3, -0.25) is 4.79 Å². The summed E-state index contributed by atoms with van der Waals surface area (Å²) in [6.07, 6.45) is 1.98. The molecule has 1 aromatic rings. The standard InChI is InChI=1S/C17H24N2O5S/c1-12(2)18(3)25(23,24)14-9-7-13(8-10-14)16(20)19-11-5-4-6-15(19)17(21)22/h7-10,12,15H,4-6,11H2,1-3H3,(H,21,22)/t15-/m1/s1. The Balaban J connectivity index is 2.24. The Hall–Kier alpha value is -1.93. The predicted molar refractivity (Wildman–Crippen MR) is 92.8 cm³/mol. The molecule has 0 unspecified atom stereocenters. The van der Waals surface area contributed by atoms with Gasteiger partial charge in [0.2, 0.25) is 10.0 Å². The molecule has 1 saturated heterocycles. The second kappa shape index (κ2) is 7.53. The van der Waals surface area contributed by atoms with Crippen LogP contribution in [0, 0.1) is 0 Å². The maximum absolute atomic E-state index is 12.6. The van der Waals surface area contributed by atoms with E-state index in [1.165, 1.54) is 40.5 Å². The highest BCUT2D eigenvalue weighted by Crippen LogP contribution is 2.22. The maximum atomic E-state index is 12.6. The van der Waals surface area contributed by atoms with Gasteiger partial charge in [0.1, 0.15) is 6.04 Å². The van der Waals surface area contributed by atoms with Crippen LogP contribution < -0.4 is 0 Å². The van der Waals surface area contributed by atoms with E-state index in [2.05, 4.69) is 0 Å². The summed E-state index contributed by atoms with van der Waals surface area (Å²) in [5.41, 5.74) is 0.291. The van der Waals surface area contributed by atoms with Gasteiger partial charge in [-0.05, 0) is 57.4 Å². The molecule has 0 spiro atoms. The van der Waals surface area contributed by atoms with E-state index in [0.29, 0.717) is 18.5 Å². The average Bonchev–Trinajstić information content (AvgIpc) is 2.60. The second-order valence-corrected chi connectivity index (χ2v) is 8.49. The number of likely N-dealkylation sites (tertiary alicyclic amines) is 1. The Bertz CT molecular complexity index is 743. The van der Waals surface area contributed by atoms with Gasteiger partial charge >= 0.3 is 5.97 Å². The van der Waals surface area contributed by atoms with Crippen LogP contribution in [-0.4, -0.2) is 60.3 Å². The molecule has 1 N–H and O–H groups in total. The molecule has 1 heterocycles. The Labute approximate surface area is 148 Å². The summed E-state index contributed by atoms with van der Waals surface area (Å²) in [6, 6.07) is 4.66. The number of rotatable bonds is 5. The first-order chi connectivity index (χ1) is 11.7. The van der Waals surface area contributed by atoms with Crippen molar-refractivity contribution in [3.8, 4) is 0 Å². The van der Waals surface area contributed by atoms with Crippen LogP contribution in [0.2, 0.25) is 0 Å². The number of sulfonamides is 1. The van der Waals surface area contributed by atoms with Gasteiger partial charge in [0.05, 0.1) is 4.90 Å². The molecular weight excluding hydrogens is 344 g/mol. The van der Waals surface area contributed by atoms with E-state index in [4.69, 9.17) is 0 Å². The number of aliphatic carboxylic acids is 1. The molecule has 1 fully saturated rings. The topological polar surface area (TPSA) is 95.0 Å². The maximum Gasteiger partial charge on any atom is 0.326 e. The van der Waals surface area contributed by atoms with E-state index in [9.17, 15) is 23.1 Å². The van der Waals surface area contributed by atoms with Crippen molar-refractivity contribution in [1.82, 2.24) is 9.21 Å². The first kappa shape index (κ1) is 19.4. The minimum atomic E-state index is -3.62. The summed E-state index contributed by atoms with van der Waals surface area (Å²) in [4.78, 5) is 25.4. The van der Waals surface area contributed by atoms with Gasteiger partial charge in [-0.15, -0.1) is 0 Å². The van der Waals surface area contributed by atoms with Gasteiger partial charge in [0.25, 0.3) is 5.91 Å². The third-order valence-corrected chi connectivity index (χ3v) is 6.60. The van der Waals surface area contributed by atoms with E-state index in [1.807, 2.05) is 0 Å². The molecule has 0 saturated carbocycles. The largest absolute Gasteiger partial charge is 0.480 e. The Morgan fingerprint density at radius 3 is 2.32 bits per heavy atom. The number of hydrogen-bond acceptors (Lipinski definition) is 4. The number of carbonyl (C=O) groups is 2. The van der Waals surface area contributed by atoms with Gasteiger partial charge in [-0.2, -0.15) is 4.31 Å². The summed E-state index contributed by atoms with van der Waals surface area (Å²) in [5.74, 6) is -1.39. The fourth-order valence-electron chi connectivity index (χ4n) is 2.81. The van der Waals surface area contributed by atoms with Crippen molar-refractivity contribution >= 4 is 21.9 Å². The first-order valence-corrected chi connectivity index (χ1v) is 9.72. The molecule has 0 aliphatic carbocycles. The second-order valence-electron chi connectivity index (χ2n) is 6.49. The van der Waals surface area contributed by atoms with Crippen LogP contribution in [0.4, 0.5) is 0 Å². The molecule has 7 nitrogen and oxygen atoms in total. The quantitative estimate of drug-likeness (QED) is 0.855. The molecule has 25 heavy (non-hydrogen) atoms. The Morgan fingerprint density at radius 2 is 1.80 bits per heavy atom. The number of nitrogens with zero attached hydrogens (tertiary/aromatic N) is 2. The zero-order valence-corrected chi connectivity index (χ0v) is 15.5. The van der Waals surface area contributed by atoms with Crippen LogP contribution in [0.1, 0.15) is 43.5 Å². The lowest BCUT2D eigenvalue weighted by molar-refractivity contribution is -0.143. The predicted octanol–water partition coefficient (Wildman–Crippen LogP) is 1.79. The third kappa shape index (κ3) is 4.01. The van der Waals surface area contributed by atoms with Gasteiger partial charge in [0, 0.05) is 25.2 Å². The summed E-state index contributed by atoms with van der Waals surface area (Å²) in [6.45, 7) is 3.95. The first-order valence-electron chi connectivity index (χ1n) is 8.28. The molecular formula is C17H24N2O5S. The van der Waals surface area contributed by atoms with Crippen molar-refractivity contribution in [3.63, 3.8) is 0 Å². The highest BCUT2D eigenvalue weighted by atomic mass is 32.2. The summed E-state index contributed by atoms with van der Waals surface area (Å²) in [7, 11) is -2.11. The number of benzene rings is 1. The van der Waals surface area contributed by atoms with E-state index in [0.717, 1.165) is 12.8 Å². The lowest BCUT2D eigenvalue weighted by Crippen LogP contribution is -2.48. The Morgan fingerprint density at radius 1 is 1.20 bits per heavy atom. The Kier molecular flexibility index (Phi) is 5.84. The molecule has 138 valence electrons. The van der Waals surface area contributed by atoms with E-state index >= 15 is 0 Å². The van der Waals surface area contributed by atoms with Gasteiger partial charge < -0.3 is 10.0 Å². The number of carboxylic acids is 1. The number of carboxylic acid groups (broad SMARTS) is 1. The minimum absolute atomic E-state index is 0.105. The van der Waals surface area contributed by atoms with E-state index in [1.54, 1.807) is 13.8 Å². The van der Waals surface area contributed by atoms with Crippen LogP contribution in [0.25, 0.3) is 0 Å². The minimum Gasteiger partial charge on any atom is -0.480 e. The van der Waals surface area contributed by atoms with Gasteiger partial charge in [-0.1, -0.05) is 0 Å². The molecule has 1 amide bonds. The normalized spacial score (nSPS) is 18.6. The third-order valence-electron chi connectivity index (χ3n) is 4.55. The van der Waals surface area contributed by atoms with Crippen LogP contribution in [0.5, 0.6) is 0 Å². The fraction of sp³-hybridized carbons (Fsp3) is 0.529. The molecule has 8 heteroatoms. The van der Waals surface area contributed by atoms with Crippen LogP contribution >= 0.6 is 0 Å². The van der Waals surface area contributed by atoms with Crippen molar-refractivity contribution in [2.45, 2.75) is 50.1 Å². The lowest BCUT2D eigenvalue weighted by Gasteiger charge is -2.33. The number of amides is 1. The van der Waals surface area contributed by atoms with Crippen molar-refractivity contribution in [2.24, 2.45) is 0 Å². The fourth-order valence-corrected chi connectivity index (χ4v) is 4.18. The van der Waals surface area contributed by atoms with E-state index in [-0.39, 0.29) is 16.8 Å². The zero-order chi connectivity index (χ0) is 18.8. The summed E-state index contributed by atoms with van der Waals surface area (Å²) < 4.78 is 26.2. The highest BCUT2D eigenvalue weighted by Gasteiger charge is 2.32. The molecule has 1 atom stereocenters. The molecule has 0 radical (unpaired) electrons. The van der Waals surface area contributed by atoms with Crippen molar-refractivity contribution < 1.29 is 23.1 Å². The summed E-state index contributed by atoms with van der Waals surface area (Å²) in [5, 5.41) is 9.29. The smallest absolute Gasteiger partial charge is 0.326 e.